The Kier molecular flexibility index (Phi) is 6.95. The number of benzene rings is 2. The second-order valence-electron chi connectivity index (χ2n) is 6.70. The Morgan fingerprint density at radius 3 is 2.40 bits per heavy atom. The minimum atomic E-state index is -0.670. The van der Waals surface area contributed by atoms with E-state index in [0.29, 0.717) is 41.5 Å². The fourth-order valence-electron chi connectivity index (χ4n) is 3.26. The van der Waals surface area contributed by atoms with E-state index < -0.39 is 12.0 Å². The molecule has 158 valence electrons. The maximum absolute atomic E-state index is 12.9. The van der Waals surface area contributed by atoms with Crippen LogP contribution in [-0.4, -0.2) is 25.2 Å². The fraction of sp³-hybridized carbons (Fsp3) is 0.304. The molecule has 7 heteroatoms. The van der Waals surface area contributed by atoms with Crippen LogP contribution in [0, 0.1) is 0 Å². The average molecular weight is 410 g/mol. The highest BCUT2D eigenvalue weighted by Crippen LogP contribution is 2.35. The number of allylic oxidation sites excluding steroid dienone is 1. The van der Waals surface area contributed by atoms with Gasteiger partial charge in [0, 0.05) is 5.70 Å². The number of carbonyl (C=O) groups is 2. The van der Waals surface area contributed by atoms with Crippen LogP contribution in [0.5, 0.6) is 11.5 Å². The van der Waals surface area contributed by atoms with Crippen molar-refractivity contribution in [3.05, 3.63) is 70.9 Å². The van der Waals surface area contributed by atoms with Crippen LogP contribution >= 0.6 is 0 Å². The molecule has 1 unspecified atom stereocenters. The third-order valence-electron chi connectivity index (χ3n) is 4.60. The van der Waals surface area contributed by atoms with Crippen molar-refractivity contribution < 1.29 is 23.8 Å². The molecule has 0 aliphatic carbocycles. The average Bonchev–Trinajstić information content (AvgIpc) is 2.74. The highest BCUT2D eigenvalue weighted by Gasteiger charge is 2.32. The van der Waals surface area contributed by atoms with Gasteiger partial charge in [-0.05, 0) is 44.0 Å². The third kappa shape index (κ3) is 4.92. The van der Waals surface area contributed by atoms with Crippen molar-refractivity contribution in [1.82, 2.24) is 10.6 Å². The molecule has 0 saturated carbocycles. The minimum Gasteiger partial charge on any atom is -0.490 e. The first-order valence-electron chi connectivity index (χ1n) is 9.92. The Balaban J connectivity index is 1.89. The summed E-state index contributed by atoms with van der Waals surface area (Å²) in [6.45, 7) is 6.56. The molecule has 2 aromatic carbocycles. The SMILES string of the molecule is CCOc1ccc(C2NC(=O)NC(C)=C2C(=O)OCc2ccccc2)cc1OCC. The van der Waals surface area contributed by atoms with E-state index in [1.807, 2.05) is 50.2 Å². The molecule has 2 aromatic rings. The van der Waals surface area contributed by atoms with E-state index in [2.05, 4.69) is 10.6 Å². The Hall–Kier alpha value is -3.48. The second kappa shape index (κ2) is 9.82. The molecule has 2 amide bonds. The number of hydrogen-bond acceptors (Lipinski definition) is 5. The Morgan fingerprint density at radius 2 is 1.70 bits per heavy atom. The Labute approximate surface area is 176 Å². The predicted octanol–water partition coefficient (Wildman–Crippen LogP) is 3.86. The van der Waals surface area contributed by atoms with Gasteiger partial charge in [0.15, 0.2) is 11.5 Å². The van der Waals surface area contributed by atoms with Gasteiger partial charge in [0.25, 0.3) is 0 Å². The van der Waals surface area contributed by atoms with E-state index in [9.17, 15) is 9.59 Å². The van der Waals surface area contributed by atoms with E-state index in [1.54, 1.807) is 19.1 Å². The van der Waals surface area contributed by atoms with Gasteiger partial charge in [-0.25, -0.2) is 9.59 Å². The molecule has 1 heterocycles. The van der Waals surface area contributed by atoms with E-state index in [1.165, 1.54) is 0 Å². The van der Waals surface area contributed by atoms with Crippen LogP contribution in [0.2, 0.25) is 0 Å². The van der Waals surface area contributed by atoms with Crippen molar-refractivity contribution in [2.24, 2.45) is 0 Å². The van der Waals surface area contributed by atoms with Gasteiger partial charge in [-0.3, -0.25) is 0 Å². The first-order chi connectivity index (χ1) is 14.5. The molecule has 7 nitrogen and oxygen atoms in total. The number of nitrogens with one attached hydrogen (secondary N) is 2. The monoisotopic (exact) mass is 410 g/mol. The van der Waals surface area contributed by atoms with Gasteiger partial charge in [-0.15, -0.1) is 0 Å². The lowest BCUT2D eigenvalue weighted by Gasteiger charge is -2.28. The largest absolute Gasteiger partial charge is 0.490 e. The number of esters is 1. The lowest BCUT2D eigenvalue weighted by Crippen LogP contribution is -2.45. The lowest BCUT2D eigenvalue weighted by molar-refractivity contribution is -0.140. The summed E-state index contributed by atoms with van der Waals surface area (Å²) >= 11 is 0. The quantitative estimate of drug-likeness (QED) is 0.646. The molecule has 1 atom stereocenters. The zero-order chi connectivity index (χ0) is 21.5. The number of urea groups is 1. The standard InChI is InChI=1S/C23H26N2O5/c1-4-28-18-12-11-17(13-19(18)29-5-2)21-20(15(3)24-23(27)25-21)22(26)30-14-16-9-7-6-8-10-16/h6-13,21H,4-5,14H2,1-3H3,(H2,24,25,27). The second-order valence-corrected chi connectivity index (χ2v) is 6.70. The van der Waals surface area contributed by atoms with Crippen molar-refractivity contribution in [2.45, 2.75) is 33.4 Å². The van der Waals surface area contributed by atoms with Crippen LogP contribution < -0.4 is 20.1 Å². The normalized spacial score (nSPS) is 15.8. The molecule has 0 fully saturated rings. The van der Waals surface area contributed by atoms with Crippen molar-refractivity contribution in [3.63, 3.8) is 0 Å². The molecule has 0 bridgehead atoms. The lowest BCUT2D eigenvalue weighted by atomic mass is 9.95. The molecule has 30 heavy (non-hydrogen) atoms. The molecular weight excluding hydrogens is 384 g/mol. The molecule has 0 spiro atoms. The maximum atomic E-state index is 12.9. The highest BCUT2D eigenvalue weighted by atomic mass is 16.5. The summed E-state index contributed by atoms with van der Waals surface area (Å²) in [7, 11) is 0. The summed E-state index contributed by atoms with van der Waals surface area (Å²) in [6.07, 6.45) is 0. The third-order valence-corrected chi connectivity index (χ3v) is 4.60. The van der Waals surface area contributed by atoms with Crippen LogP contribution in [0.3, 0.4) is 0 Å². The van der Waals surface area contributed by atoms with Gasteiger partial charge in [0.2, 0.25) is 0 Å². The van der Waals surface area contributed by atoms with Crippen molar-refractivity contribution in [2.75, 3.05) is 13.2 Å². The molecule has 3 rings (SSSR count). The fourth-order valence-corrected chi connectivity index (χ4v) is 3.26. The topological polar surface area (TPSA) is 85.9 Å². The zero-order valence-electron chi connectivity index (χ0n) is 17.4. The maximum Gasteiger partial charge on any atom is 0.338 e. The first kappa shape index (κ1) is 21.2. The molecule has 1 aliphatic heterocycles. The van der Waals surface area contributed by atoms with Crippen molar-refractivity contribution in [3.8, 4) is 11.5 Å². The summed E-state index contributed by atoms with van der Waals surface area (Å²) in [5, 5.41) is 5.46. The van der Waals surface area contributed by atoms with Crippen LogP contribution in [-0.2, 0) is 16.1 Å². The minimum absolute atomic E-state index is 0.143. The van der Waals surface area contributed by atoms with Crippen LogP contribution in [0.1, 0.15) is 37.9 Å². The van der Waals surface area contributed by atoms with Gasteiger partial charge in [-0.2, -0.15) is 0 Å². The number of amides is 2. The first-order valence-corrected chi connectivity index (χ1v) is 9.92. The number of rotatable bonds is 8. The van der Waals surface area contributed by atoms with Gasteiger partial charge >= 0.3 is 12.0 Å². The van der Waals surface area contributed by atoms with E-state index in [-0.39, 0.29) is 12.6 Å². The summed E-state index contributed by atoms with van der Waals surface area (Å²) in [5.41, 5.74) is 2.38. The van der Waals surface area contributed by atoms with E-state index >= 15 is 0 Å². The zero-order valence-corrected chi connectivity index (χ0v) is 17.4. The van der Waals surface area contributed by atoms with Crippen LogP contribution in [0.25, 0.3) is 0 Å². The van der Waals surface area contributed by atoms with Gasteiger partial charge < -0.3 is 24.8 Å². The van der Waals surface area contributed by atoms with Gasteiger partial charge in [-0.1, -0.05) is 36.4 Å². The predicted molar refractivity (Wildman–Crippen MR) is 112 cm³/mol. The molecule has 0 radical (unpaired) electrons. The van der Waals surface area contributed by atoms with Gasteiger partial charge in [0.1, 0.15) is 6.61 Å². The Bertz CT molecular complexity index is 940. The summed E-state index contributed by atoms with van der Waals surface area (Å²) in [5.74, 6) is 0.664. The van der Waals surface area contributed by atoms with Crippen molar-refractivity contribution in [1.29, 1.82) is 0 Å². The smallest absolute Gasteiger partial charge is 0.338 e. The van der Waals surface area contributed by atoms with Crippen LogP contribution in [0.4, 0.5) is 4.79 Å². The van der Waals surface area contributed by atoms with E-state index in [4.69, 9.17) is 14.2 Å². The Morgan fingerprint density at radius 1 is 1.00 bits per heavy atom. The van der Waals surface area contributed by atoms with Gasteiger partial charge in [0.05, 0.1) is 24.8 Å². The number of carbonyl (C=O) groups excluding carboxylic acids is 2. The van der Waals surface area contributed by atoms with E-state index in [0.717, 1.165) is 5.56 Å². The highest BCUT2D eigenvalue weighted by molar-refractivity contribution is 5.95. The molecule has 0 saturated heterocycles. The molecular formula is C23H26N2O5. The molecule has 1 aliphatic rings. The molecule has 2 N–H and O–H groups in total. The van der Waals surface area contributed by atoms with Crippen molar-refractivity contribution >= 4 is 12.0 Å². The summed E-state index contributed by atoms with van der Waals surface area (Å²) < 4.78 is 16.8. The van der Waals surface area contributed by atoms with Crippen LogP contribution in [0.15, 0.2) is 59.8 Å². The number of ether oxygens (including phenoxy) is 3. The summed E-state index contributed by atoms with van der Waals surface area (Å²) in [4.78, 5) is 25.0. The molecule has 0 aromatic heterocycles. The summed E-state index contributed by atoms with van der Waals surface area (Å²) in [6, 6.07) is 13.7. The number of hydrogen-bond donors (Lipinski definition) is 2.